The van der Waals surface area contributed by atoms with Gasteiger partial charge in [-0.25, -0.2) is 0 Å². The largest absolute Gasteiger partial charge is 0.396 e. The number of piperidine rings is 1. The van der Waals surface area contributed by atoms with Gasteiger partial charge in [0.25, 0.3) is 0 Å². The lowest BCUT2D eigenvalue weighted by Crippen LogP contribution is -2.44. The van der Waals surface area contributed by atoms with Gasteiger partial charge < -0.3 is 15.7 Å². The van der Waals surface area contributed by atoms with Gasteiger partial charge in [-0.05, 0) is 30.6 Å². The van der Waals surface area contributed by atoms with Crippen LogP contribution in [0.5, 0.6) is 0 Å². The van der Waals surface area contributed by atoms with Crippen LogP contribution in [0.3, 0.4) is 0 Å². The molecule has 76 valence electrons. The van der Waals surface area contributed by atoms with Gasteiger partial charge in [0.1, 0.15) is 0 Å². The third kappa shape index (κ3) is 1.73. The molecule has 3 nitrogen and oxygen atoms in total. The summed E-state index contributed by atoms with van der Waals surface area (Å²) in [5.41, 5.74) is 5.55. The zero-order valence-corrected chi connectivity index (χ0v) is 8.15. The molecule has 1 aliphatic carbocycles. The van der Waals surface area contributed by atoms with Gasteiger partial charge in [-0.1, -0.05) is 0 Å². The lowest BCUT2D eigenvalue weighted by Gasteiger charge is -2.36. The van der Waals surface area contributed by atoms with E-state index in [4.69, 9.17) is 5.73 Å². The van der Waals surface area contributed by atoms with Crippen LogP contribution < -0.4 is 5.73 Å². The maximum atomic E-state index is 9.24. The molecule has 2 rings (SSSR count). The molecule has 0 amide bonds. The molecule has 0 aromatic rings. The van der Waals surface area contributed by atoms with Crippen LogP contribution in [0.4, 0.5) is 0 Å². The Labute approximate surface area is 79.9 Å². The highest BCUT2D eigenvalue weighted by molar-refractivity contribution is 4.92. The second-order valence-corrected chi connectivity index (χ2v) is 4.49. The predicted molar refractivity (Wildman–Crippen MR) is 52.3 cm³/mol. The van der Waals surface area contributed by atoms with Gasteiger partial charge in [-0.3, -0.25) is 0 Å². The summed E-state index contributed by atoms with van der Waals surface area (Å²) in [6, 6.07) is 0. The third-order valence-corrected chi connectivity index (χ3v) is 3.76. The molecule has 3 heteroatoms. The Hall–Kier alpha value is -0.120. The molecule has 2 aliphatic rings. The predicted octanol–water partition coefficient (Wildman–Crippen LogP) is -0.105. The number of nitrogens with zero attached hydrogens (tertiary/aromatic N) is 1. The average Bonchev–Trinajstić information content (AvgIpc) is 2.37. The van der Waals surface area contributed by atoms with Crippen molar-refractivity contribution in [1.29, 1.82) is 0 Å². The summed E-state index contributed by atoms with van der Waals surface area (Å²) in [5.74, 6) is 2.08. The number of fused-ring (bicyclic) bond motifs is 2. The van der Waals surface area contributed by atoms with E-state index < -0.39 is 0 Å². The molecule has 1 saturated carbocycles. The first-order chi connectivity index (χ1) is 6.35. The SMILES string of the molecule is NCCN1CC2CCC(C1)C2CO. The molecule has 1 saturated heterocycles. The lowest BCUT2D eigenvalue weighted by molar-refractivity contribution is 0.0683. The summed E-state index contributed by atoms with van der Waals surface area (Å²) in [6.07, 6.45) is 2.63. The molecule has 0 aromatic carbocycles. The summed E-state index contributed by atoms with van der Waals surface area (Å²) in [4.78, 5) is 2.47. The van der Waals surface area contributed by atoms with Gasteiger partial charge >= 0.3 is 0 Å². The van der Waals surface area contributed by atoms with Crippen LogP contribution in [0.1, 0.15) is 12.8 Å². The zero-order valence-electron chi connectivity index (χ0n) is 8.15. The smallest absolute Gasteiger partial charge is 0.0465 e. The van der Waals surface area contributed by atoms with Crippen molar-refractivity contribution >= 4 is 0 Å². The monoisotopic (exact) mass is 184 g/mol. The minimum absolute atomic E-state index is 0.395. The molecular weight excluding hydrogens is 164 g/mol. The molecule has 0 radical (unpaired) electrons. The maximum Gasteiger partial charge on any atom is 0.0465 e. The molecule has 0 spiro atoms. The Kier molecular flexibility index (Phi) is 2.86. The molecule has 3 N–H and O–H groups in total. The van der Waals surface area contributed by atoms with Crippen LogP contribution in [0.15, 0.2) is 0 Å². The highest BCUT2D eigenvalue weighted by atomic mass is 16.3. The highest BCUT2D eigenvalue weighted by Gasteiger charge is 2.40. The van der Waals surface area contributed by atoms with Crippen molar-refractivity contribution < 1.29 is 5.11 Å². The quantitative estimate of drug-likeness (QED) is 0.644. The molecule has 0 aromatic heterocycles. The number of nitrogens with two attached hydrogens (primary N) is 1. The molecule has 2 unspecified atom stereocenters. The number of hydrogen-bond acceptors (Lipinski definition) is 3. The van der Waals surface area contributed by atoms with Gasteiger partial charge in [-0.2, -0.15) is 0 Å². The van der Waals surface area contributed by atoms with Crippen molar-refractivity contribution in [3.8, 4) is 0 Å². The van der Waals surface area contributed by atoms with Gasteiger partial charge in [0.15, 0.2) is 0 Å². The van der Waals surface area contributed by atoms with Gasteiger partial charge in [0.2, 0.25) is 0 Å². The van der Waals surface area contributed by atoms with Crippen LogP contribution in [0, 0.1) is 17.8 Å². The van der Waals surface area contributed by atoms with Gasteiger partial charge in [0, 0.05) is 32.8 Å². The van der Waals surface area contributed by atoms with Crippen molar-refractivity contribution in [2.75, 3.05) is 32.8 Å². The van der Waals surface area contributed by atoms with E-state index >= 15 is 0 Å². The topological polar surface area (TPSA) is 49.5 Å². The third-order valence-electron chi connectivity index (χ3n) is 3.76. The second-order valence-electron chi connectivity index (χ2n) is 4.49. The fourth-order valence-corrected chi connectivity index (χ4v) is 3.10. The molecule has 2 bridgehead atoms. The van der Waals surface area contributed by atoms with E-state index in [0.717, 1.165) is 24.9 Å². The maximum absolute atomic E-state index is 9.24. The normalized spacial score (nSPS) is 39.7. The standard InChI is InChI=1S/C10H20N2O/c11-3-4-12-5-8-1-2-9(6-12)10(8)7-13/h8-10,13H,1-7,11H2. The Bertz CT molecular complexity index is 160. The number of aliphatic hydroxyl groups excluding tert-OH is 1. The van der Waals surface area contributed by atoms with Crippen LogP contribution in [0.25, 0.3) is 0 Å². The van der Waals surface area contributed by atoms with Crippen molar-refractivity contribution in [3.63, 3.8) is 0 Å². The number of hydrogen-bond donors (Lipinski definition) is 2. The number of rotatable bonds is 3. The van der Waals surface area contributed by atoms with Crippen LogP contribution in [-0.4, -0.2) is 42.8 Å². The highest BCUT2D eigenvalue weighted by Crippen LogP contribution is 2.41. The van der Waals surface area contributed by atoms with E-state index in [1.165, 1.54) is 25.9 Å². The van der Waals surface area contributed by atoms with Gasteiger partial charge in [-0.15, -0.1) is 0 Å². The Morgan fingerprint density at radius 3 is 2.31 bits per heavy atom. The summed E-state index contributed by atoms with van der Waals surface area (Å²) in [6.45, 7) is 4.53. The first-order valence-corrected chi connectivity index (χ1v) is 5.38. The fraction of sp³-hybridized carbons (Fsp3) is 1.00. The number of aliphatic hydroxyl groups is 1. The minimum Gasteiger partial charge on any atom is -0.396 e. The van der Waals surface area contributed by atoms with Crippen molar-refractivity contribution in [1.82, 2.24) is 4.90 Å². The molecule has 1 aliphatic heterocycles. The van der Waals surface area contributed by atoms with Crippen molar-refractivity contribution in [2.45, 2.75) is 12.8 Å². The van der Waals surface area contributed by atoms with E-state index in [1.54, 1.807) is 0 Å². The second kappa shape index (κ2) is 3.95. The first-order valence-electron chi connectivity index (χ1n) is 5.38. The van der Waals surface area contributed by atoms with E-state index in [-0.39, 0.29) is 0 Å². The van der Waals surface area contributed by atoms with Crippen molar-refractivity contribution in [3.05, 3.63) is 0 Å². The first kappa shape index (κ1) is 9.44. The molecule has 13 heavy (non-hydrogen) atoms. The Balaban J connectivity index is 1.94. The molecule has 2 atom stereocenters. The molecule has 2 fully saturated rings. The summed E-state index contributed by atoms with van der Waals surface area (Å²) in [7, 11) is 0. The molecular formula is C10H20N2O. The van der Waals surface area contributed by atoms with E-state index in [0.29, 0.717) is 12.5 Å². The van der Waals surface area contributed by atoms with E-state index in [2.05, 4.69) is 4.90 Å². The average molecular weight is 184 g/mol. The van der Waals surface area contributed by atoms with Crippen LogP contribution in [-0.2, 0) is 0 Å². The summed E-state index contributed by atoms with van der Waals surface area (Å²) in [5, 5.41) is 9.24. The summed E-state index contributed by atoms with van der Waals surface area (Å²) < 4.78 is 0. The summed E-state index contributed by atoms with van der Waals surface area (Å²) >= 11 is 0. The van der Waals surface area contributed by atoms with Gasteiger partial charge in [0.05, 0.1) is 0 Å². The Morgan fingerprint density at radius 2 is 1.85 bits per heavy atom. The molecule has 1 heterocycles. The van der Waals surface area contributed by atoms with E-state index in [1.807, 2.05) is 0 Å². The zero-order chi connectivity index (χ0) is 9.26. The lowest BCUT2D eigenvalue weighted by atomic mass is 9.86. The minimum atomic E-state index is 0.395. The van der Waals surface area contributed by atoms with Crippen LogP contribution in [0.2, 0.25) is 0 Å². The fourth-order valence-electron chi connectivity index (χ4n) is 3.10. The Morgan fingerprint density at radius 1 is 1.23 bits per heavy atom. The van der Waals surface area contributed by atoms with Crippen molar-refractivity contribution in [2.24, 2.45) is 23.5 Å². The van der Waals surface area contributed by atoms with E-state index in [9.17, 15) is 5.11 Å². The number of likely N-dealkylation sites (tertiary alicyclic amines) is 1. The van der Waals surface area contributed by atoms with Crippen LogP contribution >= 0.6 is 0 Å².